The Morgan fingerprint density at radius 1 is 1.83 bits per heavy atom. The van der Waals surface area contributed by atoms with Crippen LogP contribution in [0.3, 0.4) is 0 Å². The summed E-state index contributed by atoms with van der Waals surface area (Å²) in [6.45, 7) is 2.17. The molecule has 0 bridgehead atoms. The maximum absolute atomic E-state index is 5.70. The fourth-order valence-corrected chi connectivity index (χ4v) is 3.18. The molecule has 0 rings (SSSR count). The average molecular weight is 235 g/mol. The van der Waals surface area contributed by atoms with Crippen molar-refractivity contribution in [3.05, 3.63) is 0 Å². The normalized spacial score (nSPS) is 14.5. The van der Waals surface area contributed by atoms with Gasteiger partial charge >= 0.3 is 0 Å². The Labute approximate surface area is 57.8 Å². The van der Waals surface area contributed by atoms with Crippen molar-refractivity contribution in [2.45, 2.75) is 19.4 Å². The van der Waals surface area contributed by atoms with Gasteiger partial charge in [0.05, 0.1) is 0 Å². The second kappa shape index (κ2) is 4.40. The highest BCUT2D eigenvalue weighted by atomic mass is 127. The number of hydrogen-bond donors (Lipinski definition) is 0. The Morgan fingerprint density at radius 2 is 2.33 bits per heavy atom. The first-order valence-corrected chi connectivity index (χ1v) is 8.79. The zero-order valence-corrected chi connectivity index (χ0v) is 7.82. The maximum Gasteiger partial charge on any atom is 0.207 e. The van der Waals surface area contributed by atoms with E-state index in [1.165, 1.54) is 12.5 Å². The molecule has 0 aromatic heterocycles. The smallest absolute Gasteiger partial charge is 0.158 e. The molecular formula is C3H8ClISi. The molecule has 0 spiro atoms. The molecule has 0 heterocycles. The third-order valence-corrected chi connectivity index (χ3v) is 4.04. The fraction of sp³-hybridized carbons (Fsp3) is 1.00. The van der Waals surface area contributed by atoms with E-state index in [4.69, 9.17) is 11.1 Å². The van der Waals surface area contributed by atoms with Gasteiger partial charge in [-0.1, -0.05) is 13.3 Å². The van der Waals surface area contributed by atoms with E-state index >= 15 is 0 Å². The molecule has 6 heavy (non-hydrogen) atoms. The topological polar surface area (TPSA) is 0 Å². The van der Waals surface area contributed by atoms with Crippen molar-refractivity contribution in [3.63, 3.8) is 0 Å². The van der Waals surface area contributed by atoms with Crippen molar-refractivity contribution in [2.24, 2.45) is 0 Å². The minimum atomic E-state index is -0.728. The molecular weight excluding hydrogens is 226 g/mol. The van der Waals surface area contributed by atoms with Gasteiger partial charge in [0.25, 0.3) is 0 Å². The van der Waals surface area contributed by atoms with Crippen molar-refractivity contribution in [1.82, 2.24) is 0 Å². The van der Waals surface area contributed by atoms with E-state index < -0.39 is 5.60 Å². The van der Waals surface area contributed by atoms with Gasteiger partial charge in [-0.25, -0.2) is 0 Å². The van der Waals surface area contributed by atoms with E-state index in [2.05, 4.69) is 28.7 Å². The van der Waals surface area contributed by atoms with Crippen LogP contribution in [0.15, 0.2) is 0 Å². The third-order valence-electron chi connectivity index (χ3n) is 0.507. The third kappa shape index (κ3) is 5.24. The Kier molecular flexibility index (Phi) is 5.30. The highest BCUT2D eigenvalue weighted by Gasteiger charge is 1.94. The Hall–Kier alpha value is 1.24. The van der Waals surface area contributed by atoms with Crippen LogP contribution in [0.4, 0.5) is 0 Å². The van der Waals surface area contributed by atoms with Gasteiger partial charge in [-0.3, -0.25) is 0 Å². The van der Waals surface area contributed by atoms with Gasteiger partial charge in [0.2, 0.25) is 5.60 Å². The van der Waals surface area contributed by atoms with Crippen LogP contribution in [0.5, 0.6) is 0 Å². The summed E-state index contributed by atoms with van der Waals surface area (Å²) in [5, 5.41) is 0. The van der Waals surface area contributed by atoms with Gasteiger partial charge in [-0.15, -0.1) is 21.8 Å². The second-order valence-electron chi connectivity index (χ2n) is 1.18. The number of rotatable bonds is 2. The van der Waals surface area contributed by atoms with E-state index in [1.54, 1.807) is 0 Å². The predicted molar refractivity (Wildman–Crippen MR) is 42.1 cm³/mol. The summed E-state index contributed by atoms with van der Waals surface area (Å²) in [5.74, 6) is 0. The molecule has 0 saturated heterocycles. The first-order valence-electron chi connectivity index (χ1n) is 2.05. The molecule has 0 amide bonds. The Bertz CT molecular complexity index is 32.0. The minimum absolute atomic E-state index is 0.728. The van der Waals surface area contributed by atoms with Gasteiger partial charge in [0, 0.05) is 0 Å². The molecule has 0 aliphatic heterocycles. The fourth-order valence-electron chi connectivity index (χ4n) is 0.218. The van der Waals surface area contributed by atoms with E-state index in [9.17, 15) is 0 Å². The van der Waals surface area contributed by atoms with Gasteiger partial charge in [0.15, 0.2) is 0 Å². The lowest BCUT2D eigenvalue weighted by Crippen LogP contribution is -1.85. The van der Waals surface area contributed by atoms with Gasteiger partial charge in [-0.05, 0) is 6.04 Å². The minimum Gasteiger partial charge on any atom is -0.158 e. The van der Waals surface area contributed by atoms with Crippen LogP contribution in [0.25, 0.3) is 0 Å². The van der Waals surface area contributed by atoms with Crippen molar-refractivity contribution in [3.8, 4) is 0 Å². The van der Waals surface area contributed by atoms with Crippen LogP contribution in [0.1, 0.15) is 13.3 Å². The van der Waals surface area contributed by atoms with Crippen LogP contribution in [0.2, 0.25) is 6.04 Å². The molecule has 0 aromatic carbocycles. The SMILES string of the molecule is CCC[SiH](Cl)I. The summed E-state index contributed by atoms with van der Waals surface area (Å²) in [4.78, 5) is 0. The summed E-state index contributed by atoms with van der Waals surface area (Å²) in [6, 6.07) is 1.27. The monoisotopic (exact) mass is 234 g/mol. The molecule has 1 atom stereocenters. The van der Waals surface area contributed by atoms with Crippen LogP contribution in [0, 0.1) is 0 Å². The molecule has 38 valence electrons. The molecule has 0 aliphatic carbocycles. The van der Waals surface area contributed by atoms with Crippen LogP contribution in [-0.2, 0) is 0 Å². The lowest BCUT2D eigenvalue weighted by atomic mass is 10.6. The van der Waals surface area contributed by atoms with Gasteiger partial charge in [0.1, 0.15) is 0 Å². The maximum atomic E-state index is 5.70. The van der Waals surface area contributed by atoms with Crippen molar-refractivity contribution < 1.29 is 0 Å². The Morgan fingerprint density at radius 3 is 2.33 bits per heavy atom. The van der Waals surface area contributed by atoms with Crippen molar-refractivity contribution >= 4 is 38.5 Å². The molecule has 0 radical (unpaired) electrons. The number of halogens is 2. The van der Waals surface area contributed by atoms with Crippen molar-refractivity contribution in [1.29, 1.82) is 0 Å². The lowest BCUT2D eigenvalue weighted by molar-refractivity contribution is 1.08. The predicted octanol–water partition coefficient (Wildman–Crippen LogP) is 2.29. The molecule has 3 heteroatoms. The zero-order chi connectivity index (χ0) is 4.99. The summed E-state index contributed by atoms with van der Waals surface area (Å²) < 4.78 is 0. The van der Waals surface area contributed by atoms with E-state index in [-0.39, 0.29) is 0 Å². The van der Waals surface area contributed by atoms with Crippen LogP contribution >= 0.6 is 32.9 Å². The average Bonchev–Trinajstić information content (AvgIpc) is 1.35. The quantitative estimate of drug-likeness (QED) is 0.391. The zero-order valence-electron chi connectivity index (χ0n) is 3.75. The van der Waals surface area contributed by atoms with Gasteiger partial charge < -0.3 is 0 Å². The van der Waals surface area contributed by atoms with Crippen LogP contribution in [-0.4, -0.2) is 5.60 Å². The largest absolute Gasteiger partial charge is 0.207 e. The molecule has 0 nitrogen and oxygen atoms in total. The summed E-state index contributed by atoms with van der Waals surface area (Å²) in [7, 11) is 0. The Balaban J connectivity index is 2.63. The molecule has 0 aliphatic rings. The molecule has 1 unspecified atom stereocenters. The second-order valence-corrected chi connectivity index (χ2v) is 10.8. The van der Waals surface area contributed by atoms with Gasteiger partial charge in [-0.2, -0.15) is 11.1 Å². The first kappa shape index (κ1) is 7.24. The van der Waals surface area contributed by atoms with E-state index in [0.29, 0.717) is 0 Å². The van der Waals surface area contributed by atoms with Crippen LogP contribution < -0.4 is 0 Å². The first-order chi connectivity index (χ1) is 2.77. The van der Waals surface area contributed by atoms with E-state index in [0.717, 1.165) is 0 Å². The summed E-state index contributed by atoms with van der Waals surface area (Å²) in [5.41, 5.74) is -0.728. The lowest BCUT2D eigenvalue weighted by Gasteiger charge is -1.88. The van der Waals surface area contributed by atoms with E-state index in [1.807, 2.05) is 0 Å². The standard InChI is InChI=1S/C3H8ClISi/c1-2-3-6(4)5/h6H,2-3H2,1H3. The highest BCUT2D eigenvalue weighted by molar-refractivity contribution is 14.1. The molecule has 0 fully saturated rings. The van der Waals surface area contributed by atoms with Crippen molar-refractivity contribution in [2.75, 3.05) is 0 Å². The summed E-state index contributed by atoms with van der Waals surface area (Å²) in [6.07, 6.45) is 1.25. The summed E-state index contributed by atoms with van der Waals surface area (Å²) >= 11 is 8.05. The molecule has 0 N–H and O–H groups in total. The number of hydrogen-bond acceptors (Lipinski definition) is 0. The molecule has 0 aromatic rings. The molecule has 0 saturated carbocycles. The highest BCUT2D eigenvalue weighted by Crippen LogP contribution is 2.07.